The summed E-state index contributed by atoms with van der Waals surface area (Å²) in [6.45, 7) is 8.37. The molecule has 130 valence electrons. The van der Waals surface area contributed by atoms with Crippen molar-refractivity contribution >= 4 is 5.78 Å². The predicted octanol–water partition coefficient (Wildman–Crippen LogP) is 3.80. The van der Waals surface area contributed by atoms with Crippen LogP contribution in [0.2, 0.25) is 0 Å². The summed E-state index contributed by atoms with van der Waals surface area (Å²) in [5.41, 5.74) is 1.65. The van der Waals surface area contributed by atoms with Crippen LogP contribution in [0.15, 0.2) is 35.6 Å². The molecule has 0 radical (unpaired) electrons. The monoisotopic (exact) mass is 328 g/mol. The van der Waals surface area contributed by atoms with Gasteiger partial charge >= 0.3 is 0 Å². The fraction of sp³-hybridized carbons (Fsp3) is 0.667. The fourth-order valence-electron chi connectivity index (χ4n) is 6.34. The molecule has 0 unspecified atom stereocenters. The second kappa shape index (κ2) is 5.08. The molecule has 1 N–H and O–H groups in total. The maximum atomic E-state index is 12.7. The van der Waals surface area contributed by atoms with E-state index in [0.29, 0.717) is 18.3 Å². The van der Waals surface area contributed by atoms with Crippen LogP contribution in [0, 0.1) is 28.6 Å². The van der Waals surface area contributed by atoms with Gasteiger partial charge in [0.05, 0.1) is 19.0 Å². The Kier molecular flexibility index (Phi) is 3.41. The molecule has 0 amide bonds. The number of rotatable bonds is 1. The highest BCUT2D eigenvalue weighted by Gasteiger charge is 2.62. The Labute approximate surface area is 144 Å². The van der Waals surface area contributed by atoms with Gasteiger partial charge in [-0.3, -0.25) is 4.79 Å². The molecule has 24 heavy (non-hydrogen) atoms. The number of ketones is 1. The zero-order valence-corrected chi connectivity index (χ0v) is 15.0. The van der Waals surface area contributed by atoms with E-state index >= 15 is 0 Å². The van der Waals surface area contributed by atoms with E-state index in [1.165, 1.54) is 5.57 Å². The van der Waals surface area contributed by atoms with Gasteiger partial charge in [0.25, 0.3) is 0 Å². The van der Waals surface area contributed by atoms with E-state index in [2.05, 4.69) is 32.6 Å². The van der Waals surface area contributed by atoms with Gasteiger partial charge in [0.15, 0.2) is 5.78 Å². The number of ether oxygens (including phenoxy) is 1. The highest BCUT2D eigenvalue weighted by molar-refractivity contribution is 6.02. The Balaban J connectivity index is 1.77. The zero-order chi connectivity index (χ0) is 17.3. The third-order valence-corrected chi connectivity index (χ3v) is 7.62. The lowest BCUT2D eigenvalue weighted by Gasteiger charge is -2.57. The Morgan fingerprint density at radius 2 is 2.08 bits per heavy atom. The summed E-state index contributed by atoms with van der Waals surface area (Å²) in [6.07, 6.45) is 8.37. The first kappa shape index (κ1) is 16.1. The number of Topliss-reactive ketones (excluding diaryl/α,β-unsaturated/α-hetero) is 1. The van der Waals surface area contributed by atoms with Gasteiger partial charge in [-0.1, -0.05) is 26.5 Å². The molecular weight excluding hydrogens is 300 g/mol. The number of aliphatic hydroxyl groups excluding tert-OH is 1. The van der Waals surface area contributed by atoms with Crippen LogP contribution in [0.4, 0.5) is 0 Å². The molecule has 2 saturated carbocycles. The first-order valence-electron chi connectivity index (χ1n) is 9.17. The van der Waals surface area contributed by atoms with Gasteiger partial charge in [-0.25, -0.2) is 0 Å². The third-order valence-electron chi connectivity index (χ3n) is 7.62. The molecule has 0 saturated heterocycles. The standard InChI is InChI=1S/C21H28O3/c1-12-9-16-15-6-5-13-10-14(24-4)7-8-20(13,2)18(15)17(22)11-21(16,3)19(12)23/h5,10,15-18,22H,1,6-9,11H2,2-4H3/t15-,16-,17+,18+,20-,21-/m0/s1. The lowest BCUT2D eigenvalue weighted by atomic mass is 9.48. The van der Waals surface area contributed by atoms with Gasteiger partial charge in [0.1, 0.15) is 0 Å². The van der Waals surface area contributed by atoms with Crippen LogP contribution in [-0.4, -0.2) is 24.1 Å². The van der Waals surface area contributed by atoms with Gasteiger partial charge in [0, 0.05) is 11.8 Å². The van der Waals surface area contributed by atoms with E-state index in [9.17, 15) is 9.90 Å². The predicted molar refractivity (Wildman–Crippen MR) is 93.1 cm³/mol. The molecule has 3 heteroatoms. The van der Waals surface area contributed by atoms with E-state index in [-0.39, 0.29) is 17.1 Å². The molecule has 4 rings (SSSR count). The smallest absolute Gasteiger partial charge is 0.164 e. The zero-order valence-electron chi connectivity index (χ0n) is 15.0. The van der Waals surface area contributed by atoms with Crippen LogP contribution in [0.25, 0.3) is 0 Å². The van der Waals surface area contributed by atoms with Crippen molar-refractivity contribution < 1.29 is 14.6 Å². The Hall–Kier alpha value is -1.35. The first-order valence-corrected chi connectivity index (χ1v) is 9.17. The number of carbonyl (C=O) groups excluding carboxylic acids is 1. The molecule has 3 nitrogen and oxygen atoms in total. The van der Waals surface area contributed by atoms with Crippen molar-refractivity contribution in [2.75, 3.05) is 7.11 Å². The minimum absolute atomic E-state index is 0.0152. The van der Waals surface area contributed by atoms with Crippen molar-refractivity contribution in [1.82, 2.24) is 0 Å². The average Bonchev–Trinajstić information content (AvgIpc) is 2.77. The van der Waals surface area contributed by atoms with Gasteiger partial charge in [-0.2, -0.15) is 0 Å². The number of hydrogen-bond donors (Lipinski definition) is 1. The number of methoxy groups -OCH3 is 1. The summed E-state index contributed by atoms with van der Waals surface area (Å²) >= 11 is 0. The van der Waals surface area contributed by atoms with Crippen LogP contribution in [0.3, 0.4) is 0 Å². The first-order chi connectivity index (χ1) is 11.3. The largest absolute Gasteiger partial charge is 0.501 e. The summed E-state index contributed by atoms with van der Waals surface area (Å²) in [5.74, 6) is 2.15. The molecule has 0 spiro atoms. The Bertz CT molecular complexity index is 673. The van der Waals surface area contributed by atoms with E-state index < -0.39 is 11.5 Å². The number of fused-ring (bicyclic) bond motifs is 5. The average molecular weight is 328 g/mol. The van der Waals surface area contributed by atoms with E-state index in [0.717, 1.165) is 37.0 Å². The summed E-state index contributed by atoms with van der Waals surface area (Å²) in [5, 5.41) is 11.1. The molecule has 0 bridgehead atoms. The molecule has 4 aliphatic rings. The molecule has 0 heterocycles. The van der Waals surface area contributed by atoms with Crippen molar-refractivity contribution in [3.05, 3.63) is 35.6 Å². The highest BCUT2D eigenvalue weighted by Crippen LogP contribution is 2.64. The normalized spacial score (nSPS) is 47.3. The third kappa shape index (κ3) is 1.91. The van der Waals surface area contributed by atoms with Crippen molar-refractivity contribution in [3.8, 4) is 0 Å². The summed E-state index contributed by atoms with van der Waals surface area (Å²) in [7, 11) is 1.73. The molecule has 0 aromatic rings. The summed E-state index contributed by atoms with van der Waals surface area (Å²) in [6, 6.07) is 0. The number of allylic oxidation sites excluding steroid dienone is 5. The van der Waals surface area contributed by atoms with Crippen LogP contribution in [-0.2, 0) is 9.53 Å². The van der Waals surface area contributed by atoms with Crippen molar-refractivity contribution in [2.24, 2.45) is 28.6 Å². The molecular formula is C21H28O3. The van der Waals surface area contributed by atoms with Gasteiger partial charge in [0.2, 0.25) is 0 Å². The molecule has 0 aliphatic heterocycles. The Morgan fingerprint density at radius 3 is 2.79 bits per heavy atom. The van der Waals surface area contributed by atoms with E-state index in [1.54, 1.807) is 7.11 Å². The second-order valence-electron chi connectivity index (χ2n) is 8.75. The van der Waals surface area contributed by atoms with Crippen molar-refractivity contribution in [1.29, 1.82) is 0 Å². The lowest BCUT2D eigenvalue weighted by molar-refractivity contribution is -0.142. The number of hydrogen-bond acceptors (Lipinski definition) is 3. The quantitative estimate of drug-likeness (QED) is 0.745. The molecule has 2 fully saturated rings. The molecule has 6 atom stereocenters. The maximum Gasteiger partial charge on any atom is 0.164 e. The van der Waals surface area contributed by atoms with Crippen molar-refractivity contribution in [2.45, 2.75) is 52.1 Å². The van der Waals surface area contributed by atoms with E-state index in [1.807, 2.05) is 0 Å². The Morgan fingerprint density at radius 1 is 1.33 bits per heavy atom. The van der Waals surface area contributed by atoms with Crippen LogP contribution in [0.1, 0.15) is 46.0 Å². The summed E-state index contributed by atoms with van der Waals surface area (Å²) in [4.78, 5) is 12.7. The number of carbonyl (C=O) groups is 1. The van der Waals surface area contributed by atoms with Gasteiger partial charge < -0.3 is 9.84 Å². The van der Waals surface area contributed by atoms with E-state index in [4.69, 9.17) is 4.74 Å². The SMILES string of the molecule is C=C1C[C@H]2[C@@H]3CC=C4C=C(OC)CC[C@]4(C)[C@H]3[C@H](O)C[C@]2(C)C1=O. The van der Waals surface area contributed by atoms with Crippen LogP contribution >= 0.6 is 0 Å². The van der Waals surface area contributed by atoms with Crippen LogP contribution in [0.5, 0.6) is 0 Å². The van der Waals surface area contributed by atoms with Crippen LogP contribution < -0.4 is 0 Å². The fourth-order valence-corrected chi connectivity index (χ4v) is 6.34. The topological polar surface area (TPSA) is 46.5 Å². The second-order valence-corrected chi connectivity index (χ2v) is 8.75. The summed E-state index contributed by atoms with van der Waals surface area (Å²) < 4.78 is 5.46. The highest BCUT2D eigenvalue weighted by atomic mass is 16.5. The van der Waals surface area contributed by atoms with Gasteiger partial charge in [-0.15, -0.1) is 0 Å². The lowest BCUT2D eigenvalue weighted by Crippen LogP contribution is -2.55. The molecule has 0 aromatic heterocycles. The minimum atomic E-state index is -0.419. The molecule has 0 aromatic carbocycles. The minimum Gasteiger partial charge on any atom is -0.501 e. The number of aliphatic hydroxyl groups is 1. The van der Waals surface area contributed by atoms with Crippen molar-refractivity contribution in [3.63, 3.8) is 0 Å². The van der Waals surface area contributed by atoms with Gasteiger partial charge in [-0.05, 0) is 66.1 Å². The maximum absolute atomic E-state index is 12.7. The molecule has 4 aliphatic carbocycles.